The van der Waals surface area contributed by atoms with Gasteiger partial charge in [-0.3, -0.25) is 0 Å². The Labute approximate surface area is 136 Å². The van der Waals surface area contributed by atoms with Crippen molar-refractivity contribution < 1.29 is 18.9 Å². The van der Waals surface area contributed by atoms with Crippen LogP contribution in [-0.4, -0.2) is 59.9 Å². The summed E-state index contributed by atoms with van der Waals surface area (Å²) in [5.74, 6) is 0. The van der Waals surface area contributed by atoms with E-state index < -0.39 is 8.07 Å². The molecule has 5 heteroatoms. The molecule has 0 aromatic carbocycles. The Balaban J connectivity index is 1.54. The molecule has 2 atom stereocenters. The molecule has 0 spiro atoms. The molecule has 22 heavy (non-hydrogen) atoms. The fraction of sp³-hybridized carbons (Fsp3) is 1.00. The van der Waals surface area contributed by atoms with Crippen LogP contribution in [0.3, 0.4) is 0 Å². The van der Waals surface area contributed by atoms with Crippen molar-refractivity contribution >= 4 is 8.07 Å². The van der Waals surface area contributed by atoms with E-state index in [1.165, 1.54) is 18.9 Å². The molecule has 2 heterocycles. The summed E-state index contributed by atoms with van der Waals surface area (Å²) in [5.41, 5.74) is 0. The third-order valence-corrected chi connectivity index (χ3v) is 10.9. The zero-order valence-electron chi connectivity index (χ0n) is 14.9. The molecule has 2 rings (SSSR count). The van der Waals surface area contributed by atoms with Gasteiger partial charge in [0.05, 0.1) is 34.5 Å². The normalized spacial score (nSPS) is 24.5. The van der Waals surface area contributed by atoms with Gasteiger partial charge < -0.3 is 18.9 Å². The summed E-state index contributed by atoms with van der Waals surface area (Å²) >= 11 is 0. The summed E-state index contributed by atoms with van der Waals surface area (Å²) in [5, 5.41) is 0.450. The Morgan fingerprint density at radius 2 is 1.45 bits per heavy atom. The maximum Gasteiger partial charge on any atom is 0.104 e. The van der Waals surface area contributed by atoms with Crippen molar-refractivity contribution in [2.45, 2.75) is 69.5 Å². The van der Waals surface area contributed by atoms with Crippen molar-refractivity contribution in [3.8, 4) is 0 Å². The summed E-state index contributed by atoms with van der Waals surface area (Å²) in [7, 11) is -1.25. The van der Waals surface area contributed by atoms with Crippen molar-refractivity contribution in [2.75, 3.05) is 39.6 Å². The first-order valence-corrected chi connectivity index (χ1v) is 12.0. The lowest BCUT2D eigenvalue weighted by Crippen LogP contribution is -2.39. The molecular formula is C17H34O4Si. The van der Waals surface area contributed by atoms with E-state index in [0.29, 0.717) is 17.2 Å². The minimum absolute atomic E-state index is 0.389. The first kappa shape index (κ1) is 18.4. The highest BCUT2D eigenvalue weighted by Gasteiger charge is 2.37. The fourth-order valence-corrected chi connectivity index (χ4v) is 5.23. The quantitative estimate of drug-likeness (QED) is 0.295. The molecule has 0 amide bonds. The third-order valence-electron chi connectivity index (χ3n) is 5.43. The number of ether oxygens (including phenoxy) is 4. The number of rotatable bonds is 13. The zero-order valence-corrected chi connectivity index (χ0v) is 15.9. The maximum atomic E-state index is 5.67. The second kappa shape index (κ2) is 8.24. The predicted octanol–water partition coefficient (Wildman–Crippen LogP) is 3.48. The van der Waals surface area contributed by atoms with Gasteiger partial charge in [-0.2, -0.15) is 0 Å². The van der Waals surface area contributed by atoms with Crippen LogP contribution in [0.15, 0.2) is 0 Å². The topological polar surface area (TPSA) is 43.5 Å². The maximum absolute atomic E-state index is 5.67. The molecular weight excluding hydrogens is 296 g/mol. The molecule has 0 bridgehead atoms. The van der Waals surface area contributed by atoms with Gasteiger partial charge in [-0.05, 0) is 24.3 Å². The van der Waals surface area contributed by atoms with E-state index >= 15 is 0 Å². The van der Waals surface area contributed by atoms with Crippen LogP contribution in [0.2, 0.25) is 24.2 Å². The Kier molecular flexibility index (Phi) is 6.89. The van der Waals surface area contributed by atoms with Gasteiger partial charge in [0.15, 0.2) is 0 Å². The average Bonchev–Trinajstić information content (AvgIpc) is 3.32. The molecule has 2 aliphatic heterocycles. The molecule has 4 nitrogen and oxygen atoms in total. The lowest BCUT2D eigenvalue weighted by molar-refractivity contribution is 0.111. The Bertz CT molecular complexity index is 293. The first-order chi connectivity index (χ1) is 10.4. The molecule has 0 aliphatic carbocycles. The second-order valence-electron chi connectivity index (χ2n) is 8.04. The monoisotopic (exact) mass is 330 g/mol. The van der Waals surface area contributed by atoms with E-state index in [4.69, 9.17) is 18.9 Å². The molecule has 2 aliphatic rings. The smallest absolute Gasteiger partial charge is 0.104 e. The van der Waals surface area contributed by atoms with E-state index in [1.807, 2.05) is 0 Å². The molecule has 0 saturated carbocycles. The molecule has 130 valence electrons. The largest absolute Gasteiger partial charge is 0.379 e. The van der Waals surface area contributed by atoms with E-state index in [9.17, 15) is 0 Å². The average molecular weight is 331 g/mol. The van der Waals surface area contributed by atoms with Crippen LogP contribution in [0.5, 0.6) is 0 Å². The minimum Gasteiger partial charge on any atom is -0.379 e. The van der Waals surface area contributed by atoms with Gasteiger partial charge in [0.25, 0.3) is 0 Å². The first-order valence-electron chi connectivity index (χ1n) is 8.79. The number of epoxide rings is 2. The van der Waals surface area contributed by atoms with Crippen molar-refractivity contribution in [1.29, 1.82) is 0 Å². The Morgan fingerprint density at radius 1 is 0.955 bits per heavy atom. The molecule has 2 saturated heterocycles. The van der Waals surface area contributed by atoms with Crippen LogP contribution in [-0.2, 0) is 18.9 Å². The molecule has 0 aromatic heterocycles. The summed E-state index contributed by atoms with van der Waals surface area (Å²) in [6.07, 6.45) is 4.38. The highest BCUT2D eigenvalue weighted by Crippen LogP contribution is 2.44. The van der Waals surface area contributed by atoms with Gasteiger partial charge in [0.1, 0.15) is 12.2 Å². The van der Waals surface area contributed by atoms with Gasteiger partial charge >= 0.3 is 0 Å². The lowest BCUT2D eigenvalue weighted by Gasteiger charge is -2.40. The zero-order chi connectivity index (χ0) is 16.1. The van der Waals surface area contributed by atoms with Crippen molar-refractivity contribution in [3.63, 3.8) is 0 Å². The van der Waals surface area contributed by atoms with E-state index in [0.717, 1.165) is 46.1 Å². The van der Waals surface area contributed by atoms with Crippen molar-refractivity contribution in [2.24, 2.45) is 0 Å². The fourth-order valence-electron chi connectivity index (χ4n) is 2.67. The predicted molar refractivity (Wildman–Crippen MR) is 91.3 cm³/mol. The molecule has 0 N–H and O–H groups in total. The van der Waals surface area contributed by atoms with Gasteiger partial charge in [0.2, 0.25) is 0 Å². The van der Waals surface area contributed by atoms with Gasteiger partial charge in [0, 0.05) is 13.2 Å². The summed E-state index contributed by atoms with van der Waals surface area (Å²) in [6, 6.07) is 1.34. The Morgan fingerprint density at radius 3 is 1.95 bits per heavy atom. The standard InChI is InChI=1S/C17H34O4Si/c1-17(2,7-5-8-18-11-15-13-20-15)22(3,4)10-6-9-19-12-16-14-21-16/h15-16H,5-14H2,1-4H3. The number of hydrogen-bond acceptors (Lipinski definition) is 4. The third kappa shape index (κ3) is 6.67. The highest BCUT2D eigenvalue weighted by molar-refractivity contribution is 6.80. The van der Waals surface area contributed by atoms with Gasteiger partial charge in [-0.25, -0.2) is 0 Å². The minimum atomic E-state index is -1.25. The van der Waals surface area contributed by atoms with Gasteiger partial charge in [-0.15, -0.1) is 0 Å². The molecule has 0 aromatic rings. The van der Waals surface area contributed by atoms with Gasteiger partial charge in [-0.1, -0.05) is 33.0 Å². The van der Waals surface area contributed by atoms with E-state index in [2.05, 4.69) is 26.9 Å². The molecule has 2 fully saturated rings. The lowest BCUT2D eigenvalue weighted by atomic mass is 10.1. The molecule has 2 unspecified atom stereocenters. The van der Waals surface area contributed by atoms with Crippen LogP contribution < -0.4 is 0 Å². The summed E-state index contributed by atoms with van der Waals surface area (Å²) in [6.45, 7) is 15.0. The van der Waals surface area contributed by atoms with Crippen LogP contribution >= 0.6 is 0 Å². The van der Waals surface area contributed by atoms with Crippen LogP contribution in [0, 0.1) is 0 Å². The molecule has 0 radical (unpaired) electrons. The Hall–Kier alpha value is 0.0569. The van der Waals surface area contributed by atoms with E-state index in [1.54, 1.807) is 0 Å². The van der Waals surface area contributed by atoms with Crippen LogP contribution in [0.4, 0.5) is 0 Å². The highest BCUT2D eigenvalue weighted by atomic mass is 28.3. The van der Waals surface area contributed by atoms with Crippen LogP contribution in [0.1, 0.15) is 33.1 Å². The summed E-state index contributed by atoms with van der Waals surface area (Å²) in [4.78, 5) is 0. The summed E-state index contributed by atoms with van der Waals surface area (Å²) < 4.78 is 21.7. The second-order valence-corrected chi connectivity index (χ2v) is 13.7. The van der Waals surface area contributed by atoms with Crippen LogP contribution in [0.25, 0.3) is 0 Å². The van der Waals surface area contributed by atoms with Crippen molar-refractivity contribution in [3.05, 3.63) is 0 Å². The number of hydrogen-bond donors (Lipinski definition) is 0. The van der Waals surface area contributed by atoms with E-state index in [-0.39, 0.29) is 0 Å². The van der Waals surface area contributed by atoms with Crippen molar-refractivity contribution in [1.82, 2.24) is 0 Å². The SMILES string of the molecule is CC(C)(CCCOCC1CO1)[Si](C)(C)CCCOCC1CO1.